The fourth-order valence-corrected chi connectivity index (χ4v) is 1.39. The number of aliphatic hydroxyl groups excluding tert-OH is 1. The van der Waals surface area contributed by atoms with Crippen LogP contribution in [0.25, 0.3) is 0 Å². The Morgan fingerprint density at radius 1 is 1.50 bits per heavy atom. The molecule has 1 atom stereocenters. The van der Waals surface area contributed by atoms with E-state index in [4.69, 9.17) is 5.11 Å². The highest BCUT2D eigenvalue weighted by Crippen LogP contribution is 2.01. The molecule has 0 spiro atoms. The van der Waals surface area contributed by atoms with E-state index in [1.807, 2.05) is 0 Å². The molecule has 0 aliphatic carbocycles. The predicted molar refractivity (Wildman–Crippen MR) is 58.1 cm³/mol. The number of nitrogens with zero attached hydrogens (tertiary/aromatic N) is 1. The Hall–Kier alpha value is -0.800. The van der Waals surface area contributed by atoms with E-state index in [9.17, 15) is 0 Å². The SMILES string of the molecule is CC[C@H](CO)NCc1ccn(CC)c1. The van der Waals surface area contributed by atoms with Gasteiger partial charge in [0, 0.05) is 31.5 Å². The summed E-state index contributed by atoms with van der Waals surface area (Å²) in [5.41, 5.74) is 1.28. The lowest BCUT2D eigenvalue weighted by Crippen LogP contribution is -2.30. The first kappa shape index (κ1) is 11.3. The maximum Gasteiger partial charge on any atom is 0.0584 e. The van der Waals surface area contributed by atoms with E-state index in [0.717, 1.165) is 19.5 Å². The van der Waals surface area contributed by atoms with E-state index in [2.05, 4.69) is 42.2 Å². The molecule has 0 radical (unpaired) electrons. The minimum Gasteiger partial charge on any atom is -0.395 e. The van der Waals surface area contributed by atoms with Crippen molar-refractivity contribution in [1.29, 1.82) is 0 Å². The van der Waals surface area contributed by atoms with Crippen LogP contribution in [-0.4, -0.2) is 22.3 Å². The molecule has 0 aromatic carbocycles. The second-order valence-electron chi connectivity index (χ2n) is 3.52. The summed E-state index contributed by atoms with van der Waals surface area (Å²) < 4.78 is 2.15. The highest BCUT2D eigenvalue weighted by molar-refractivity contribution is 5.09. The van der Waals surface area contributed by atoms with Gasteiger partial charge >= 0.3 is 0 Å². The van der Waals surface area contributed by atoms with Gasteiger partial charge in [-0.3, -0.25) is 0 Å². The third-order valence-electron chi connectivity index (χ3n) is 2.48. The first-order valence-corrected chi connectivity index (χ1v) is 5.29. The molecule has 3 nitrogen and oxygen atoms in total. The Bertz CT molecular complexity index is 254. The second kappa shape index (κ2) is 5.83. The van der Waals surface area contributed by atoms with Crippen molar-refractivity contribution in [2.75, 3.05) is 6.61 Å². The van der Waals surface area contributed by atoms with Crippen LogP contribution in [0.4, 0.5) is 0 Å². The number of hydrogen-bond acceptors (Lipinski definition) is 2. The highest BCUT2D eigenvalue weighted by Gasteiger charge is 2.03. The molecule has 1 heterocycles. The van der Waals surface area contributed by atoms with Crippen LogP contribution in [0, 0.1) is 0 Å². The minimum absolute atomic E-state index is 0.213. The fourth-order valence-electron chi connectivity index (χ4n) is 1.39. The van der Waals surface area contributed by atoms with Crippen molar-refractivity contribution in [3.8, 4) is 0 Å². The highest BCUT2D eigenvalue weighted by atomic mass is 16.3. The topological polar surface area (TPSA) is 37.2 Å². The van der Waals surface area contributed by atoms with E-state index in [0.29, 0.717) is 0 Å². The van der Waals surface area contributed by atoms with Gasteiger partial charge in [-0.25, -0.2) is 0 Å². The van der Waals surface area contributed by atoms with E-state index >= 15 is 0 Å². The molecule has 0 aliphatic rings. The number of nitrogens with one attached hydrogen (secondary N) is 1. The molecule has 1 rings (SSSR count). The van der Waals surface area contributed by atoms with Crippen LogP contribution in [0.1, 0.15) is 25.8 Å². The monoisotopic (exact) mass is 196 g/mol. The molecule has 80 valence electrons. The summed E-state index contributed by atoms with van der Waals surface area (Å²) >= 11 is 0. The van der Waals surface area contributed by atoms with Gasteiger partial charge in [0.2, 0.25) is 0 Å². The Balaban J connectivity index is 2.37. The minimum atomic E-state index is 0.213. The molecule has 3 heteroatoms. The zero-order valence-electron chi connectivity index (χ0n) is 9.03. The lowest BCUT2D eigenvalue weighted by atomic mass is 10.2. The summed E-state index contributed by atoms with van der Waals surface area (Å²) in [5.74, 6) is 0. The Labute approximate surface area is 85.7 Å². The van der Waals surface area contributed by atoms with Gasteiger partial charge in [0.15, 0.2) is 0 Å². The van der Waals surface area contributed by atoms with Crippen LogP contribution in [-0.2, 0) is 13.1 Å². The molecular formula is C11H20N2O. The van der Waals surface area contributed by atoms with Crippen molar-refractivity contribution in [1.82, 2.24) is 9.88 Å². The van der Waals surface area contributed by atoms with Gasteiger partial charge in [-0.15, -0.1) is 0 Å². The van der Waals surface area contributed by atoms with E-state index < -0.39 is 0 Å². The lowest BCUT2D eigenvalue weighted by Gasteiger charge is -2.12. The summed E-state index contributed by atoms with van der Waals surface area (Å²) in [7, 11) is 0. The first-order valence-electron chi connectivity index (χ1n) is 5.29. The van der Waals surface area contributed by atoms with Crippen molar-refractivity contribution in [3.05, 3.63) is 24.0 Å². The standard InChI is InChI=1S/C11H20N2O/c1-3-11(9-14)12-7-10-5-6-13(4-2)8-10/h5-6,8,11-12,14H,3-4,7,9H2,1-2H3/t11-/m1/s1. The van der Waals surface area contributed by atoms with Gasteiger partial charge in [-0.2, -0.15) is 0 Å². The molecule has 0 fully saturated rings. The average molecular weight is 196 g/mol. The van der Waals surface area contributed by atoms with Gasteiger partial charge in [-0.1, -0.05) is 6.92 Å². The second-order valence-corrected chi connectivity index (χ2v) is 3.52. The van der Waals surface area contributed by atoms with Crippen molar-refractivity contribution in [3.63, 3.8) is 0 Å². The molecule has 0 unspecified atom stereocenters. The number of hydrogen-bond donors (Lipinski definition) is 2. The number of aryl methyl sites for hydroxylation is 1. The molecule has 0 bridgehead atoms. The molecule has 2 N–H and O–H groups in total. The summed E-state index contributed by atoms with van der Waals surface area (Å²) in [6.07, 6.45) is 5.18. The van der Waals surface area contributed by atoms with Crippen LogP contribution in [0.2, 0.25) is 0 Å². The third kappa shape index (κ3) is 3.16. The Kier molecular flexibility index (Phi) is 4.70. The number of aromatic nitrogens is 1. The van der Waals surface area contributed by atoms with Crippen molar-refractivity contribution >= 4 is 0 Å². The van der Waals surface area contributed by atoms with Crippen molar-refractivity contribution in [2.24, 2.45) is 0 Å². The van der Waals surface area contributed by atoms with Crippen LogP contribution in [0.15, 0.2) is 18.5 Å². The van der Waals surface area contributed by atoms with Gasteiger partial charge in [0.25, 0.3) is 0 Å². The van der Waals surface area contributed by atoms with Gasteiger partial charge in [0.05, 0.1) is 6.61 Å². The lowest BCUT2D eigenvalue weighted by molar-refractivity contribution is 0.238. The molecular weight excluding hydrogens is 176 g/mol. The van der Waals surface area contributed by atoms with Crippen LogP contribution >= 0.6 is 0 Å². The van der Waals surface area contributed by atoms with Crippen molar-refractivity contribution < 1.29 is 5.11 Å². The van der Waals surface area contributed by atoms with Gasteiger partial charge < -0.3 is 15.0 Å². The van der Waals surface area contributed by atoms with Crippen LogP contribution in [0.3, 0.4) is 0 Å². The molecule has 0 aliphatic heterocycles. The zero-order valence-corrected chi connectivity index (χ0v) is 9.03. The summed E-state index contributed by atoms with van der Waals surface area (Å²) in [6, 6.07) is 2.33. The van der Waals surface area contributed by atoms with Gasteiger partial charge in [0.1, 0.15) is 0 Å². The summed E-state index contributed by atoms with van der Waals surface area (Å²) in [6.45, 7) is 6.26. The summed E-state index contributed by atoms with van der Waals surface area (Å²) in [4.78, 5) is 0. The molecule has 0 amide bonds. The Morgan fingerprint density at radius 3 is 2.79 bits per heavy atom. The summed E-state index contributed by atoms with van der Waals surface area (Å²) in [5, 5.41) is 12.3. The molecule has 1 aromatic rings. The van der Waals surface area contributed by atoms with E-state index in [-0.39, 0.29) is 12.6 Å². The van der Waals surface area contributed by atoms with E-state index in [1.54, 1.807) is 0 Å². The van der Waals surface area contributed by atoms with E-state index in [1.165, 1.54) is 5.56 Å². The predicted octanol–water partition coefficient (Wildman–Crippen LogP) is 1.37. The van der Waals surface area contributed by atoms with Crippen molar-refractivity contribution in [2.45, 2.75) is 39.4 Å². The third-order valence-corrected chi connectivity index (χ3v) is 2.48. The van der Waals surface area contributed by atoms with Crippen LogP contribution in [0.5, 0.6) is 0 Å². The smallest absolute Gasteiger partial charge is 0.0584 e. The quantitative estimate of drug-likeness (QED) is 0.721. The molecule has 1 aromatic heterocycles. The average Bonchev–Trinajstić information content (AvgIpc) is 2.67. The normalized spacial score (nSPS) is 13.1. The van der Waals surface area contributed by atoms with Crippen LogP contribution < -0.4 is 5.32 Å². The first-order chi connectivity index (χ1) is 6.80. The molecule has 14 heavy (non-hydrogen) atoms. The Morgan fingerprint density at radius 2 is 2.29 bits per heavy atom. The number of aliphatic hydroxyl groups is 1. The zero-order chi connectivity index (χ0) is 10.4. The fraction of sp³-hybridized carbons (Fsp3) is 0.636. The maximum atomic E-state index is 8.99. The maximum absolute atomic E-state index is 8.99. The molecule has 0 saturated heterocycles. The largest absolute Gasteiger partial charge is 0.395 e. The molecule has 0 saturated carbocycles. The van der Waals surface area contributed by atoms with Gasteiger partial charge in [-0.05, 0) is 25.0 Å². The number of rotatable bonds is 6.